The van der Waals surface area contributed by atoms with Crippen LogP contribution in [0.5, 0.6) is 0 Å². The van der Waals surface area contributed by atoms with E-state index in [1.54, 1.807) is 0 Å². The van der Waals surface area contributed by atoms with Crippen molar-refractivity contribution in [2.75, 3.05) is 6.54 Å². The quantitative estimate of drug-likeness (QED) is 0.781. The molecule has 1 aromatic rings. The summed E-state index contributed by atoms with van der Waals surface area (Å²) in [6, 6.07) is 9.05. The van der Waals surface area contributed by atoms with Crippen molar-refractivity contribution in [3.63, 3.8) is 0 Å². The molecule has 3 N–H and O–H groups in total. The maximum atomic E-state index is 6.45. The summed E-state index contributed by atoms with van der Waals surface area (Å²) < 4.78 is 0. The number of rotatable bonds is 1. The van der Waals surface area contributed by atoms with Gasteiger partial charge in [-0.15, -0.1) is 0 Å². The summed E-state index contributed by atoms with van der Waals surface area (Å²) >= 11 is 0. The van der Waals surface area contributed by atoms with Gasteiger partial charge in [-0.1, -0.05) is 45.0 Å². The number of hydrogen-bond acceptors (Lipinski definition) is 2. The Morgan fingerprint density at radius 1 is 1.24 bits per heavy atom. The van der Waals surface area contributed by atoms with E-state index in [1.807, 2.05) is 0 Å². The lowest BCUT2D eigenvalue weighted by molar-refractivity contribution is 0.233. The van der Waals surface area contributed by atoms with Crippen LogP contribution in [0.25, 0.3) is 0 Å². The van der Waals surface area contributed by atoms with Crippen LogP contribution in [0.4, 0.5) is 0 Å². The molecular formula is C15H24N2. The maximum Gasteiger partial charge on any atom is 0.0479 e. The first kappa shape index (κ1) is 12.6. The van der Waals surface area contributed by atoms with Gasteiger partial charge in [-0.2, -0.15) is 0 Å². The second-order valence-electron chi connectivity index (χ2n) is 6.29. The van der Waals surface area contributed by atoms with Crippen molar-refractivity contribution in [3.05, 3.63) is 35.4 Å². The van der Waals surface area contributed by atoms with E-state index < -0.39 is 0 Å². The standard InChI is InChI=1S/C15H24N2/c1-10-7-5-6-8-11(10)14-13(16)12(9-17-14)15(2,3)4/h5-8,12-14,17H,9,16H2,1-4H3. The molecule has 0 saturated carbocycles. The van der Waals surface area contributed by atoms with Gasteiger partial charge in [0, 0.05) is 18.6 Å². The van der Waals surface area contributed by atoms with Crippen molar-refractivity contribution in [1.82, 2.24) is 5.32 Å². The molecule has 2 rings (SSSR count). The predicted octanol–water partition coefficient (Wildman–Crippen LogP) is 2.63. The molecule has 1 aromatic carbocycles. The molecule has 1 fully saturated rings. The van der Waals surface area contributed by atoms with Gasteiger partial charge in [0.25, 0.3) is 0 Å². The average Bonchev–Trinajstić information content (AvgIpc) is 2.60. The highest BCUT2D eigenvalue weighted by molar-refractivity contribution is 5.31. The summed E-state index contributed by atoms with van der Waals surface area (Å²) in [5.74, 6) is 0.534. The second kappa shape index (κ2) is 4.43. The summed E-state index contributed by atoms with van der Waals surface area (Å²) in [5, 5.41) is 3.60. The minimum Gasteiger partial charge on any atom is -0.326 e. The van der Waals surface area contributed by atoms with E-state index >= 15 is 0 Å². The molecule has 2 heteroatoms. The molecule has 1 saturated heterocycles. The third-order valence-electron chi connectivity index (χ3n) is 4.04. The molecule has 2 nitrogen and oxygen atoms in total. The third-order valence-corrected chi connectivity index (χ3v) is 4.04. The Kier molecular flexibility index (Phi) is 3.28. The van der Waals surface area contributed by atoms with Crippen LogP contribution in [0.15, 0.2) is 24.3 Å². The molecule has 0 aromatic heterocycles. The van der Waals surface area contributed by atoms with E-state index in [4.69, 9.17) is 5.73 Å². The van der Waals surface area contributed by atoms with Crippen molar-refractivity contribution in [1.29, 1.82) is 0 Å². The molecule has 17 heavy (non-hydrogen) atoms. The first-order chi connectivity index (χ1) is 7.91. The highest BCUT2D eigenvalue weighted by atomic mass is 15.0. The summed E-state index contributed by atoms with van der Waals surface area (Å²) in [5.41, 5.74) is 9.40. The molecule has 94 valence electrons. The Labute approximate surface area is 105 Å². The van der Waals surface area contributed by atoms with Gasteiger partial charge in [0.2, 0.25) is 0 Å². The van der Waals surface area contributed by atoms with Gasteiger partial charge < -0.3 is 11.1 Å². The fourth-order valence-corrected chi connectivity index (χ4v) is 2.89. The lowest BCUT2D eigenvalue weighted by Gasteiger charge is -2.31. The number of nitrogens with one attached hydrogen (secondary N) is 1. The Hall–Kier alpha value is -0.860. The second-order valence-corrected chi connectivity index (χ2v) is 6.29. The lowest BCUT2D eigenvalue weighted by Crippen LogP contribution is -2.38. The highest BCUT2D eigenvalue weighted by Crippen LogP contribution is 2.37. The Morgan fingerprint density at radius 3 is 2.41 bits per heavy atom. The SMILES string of the molecule is Cc1ccccc1C1NCC(C(C)(C)C)C1N. The maximum absolute atomic E-state index is 6.45. The van der Waals surface area contributed by atoms with Gasteiger partial charge in [-0.05, 0) is 29.4 Å². The highest BCUT2D eigenvalue weighted by Gasteiger charge is 2.40. The smallest absolute Gasteiger partial charge is 0.0479 e. The molecule has 0 spiro atoms. The molecule has 0 amide bonds. The van der Waals surface area contributed by atoms with Gasteiger partial charge in [0.05, 0.1) is 0 Å². The molecule has 1 aliphatic rings. The molecule has 0 bridgehead atoms. The van der Waals surface area contributed by atoms with Crippen LogP contribution in [0.1, 0.15) is 37.9 Å². The summed E-state index contributed by atoms with van der Waals surface area (Å²) in [4.78, 5) is 0. The van der Waals surface area contributed by atoms with Crippen LogP contribution in [-0.2, 0) is 0 Å². The Bertz CT molecular complexity index is 392. The first-order valence-electron chi connectivity index (χ1n) is 6.46. The van der Waals surface area contributed by atoms with Crippen LogP contribution < -0.4 is 11.1 Å². The van der Waals surface area contributed by atoms with E-state index in [1.165, 1.54) is 11.1 Å². The average molecular weight is 232 g/mol. The zero-order valence-corrected chi connectivity index (χ0v) is 11.3. The van der Waals surface area contributed by atoms with Crippen molar-refractivity contribution in [2.24, 2.45) is 17.1 Å². The zero-order chi connectivity index (χ0) is 12.6. The molecule has 3 atom stereocenters. The molecule has 1 aliphatic heterocycles. The molecular weight excluding hydrogens is 208 g/mol. The van der Waals surface area contributed by atoms with Crippen LogP contribution in [-0.4, -0.2) is 12.6 Å². The fourth-order valence-electron chi connectivity index (χ4n) is 2.89. The first-order valence-corrected chi connectivity index (χ1v) is 6.46. The molecule has 3 unspecified atom stereocenters. The Balaban J connectivity index is 2.24. The largest absolute Gasteiger partial charge is 0.326 e. The molecule has 0 radical (unpaired) electrons. The van der Waals surface area contributed by atoms with Crippen molar-refractivity contribution < 1.29 is 0 Å². The van der Waals surface area contributed by atoms with Gasteiger partial charge in [-0.25, -0.2) is 0 Å². The Morgan fingerprint density at radius 2 is 1.88 bits per heavy atom. The van der Waals surface area contributed by atoms with Crippen LogP contribution in [0.3, 0.4) is 0 Å². The van der Waals surface area contributed by atoms with Gasteiger partial charge in [-0.3, -0.25) is 0 Å². The number of benzene rings is 1. The van der Waals surface area contributed by atoms with E-state index in [2.05, 4.69) is 57.3 Å². The van der Waals surface area contributed by atoms with Gasteiger partial charge in [0.1, 0.15) is 0 Å². The van der Waals surface area contributed by atoms with Gasteiger partial charge >= 0.3 is 0 Å². The summed E-state index contributed by atoms with van der Waals surface area (Å²) in [6.45, 7) is 10.0. The van der Waals surface area contributed by atoms with Gasteiger partial charge in [0.15, 0.2) is 0 Å². The monoisotopic (exact) mass is 232 g/mol. The van der Waals surface area contributed by atoms with Crippen LogP contribution >= 0.6 is 0 Å². The van der Waals surface area contributed by atoms with E-state index in [0.717, 1.165) is 6.54 Å². The van der Waals surface area contributed by atoms with E-state index in [0.29, 0.717) is 12.0 Å². The number of hydrogen-bond donors (Lipinski definition) is 2. The van der Waals surface area contributed by atoms with Crippen molar-refractivity contribution in [3.8, 4) is 0 Å². The third kappa shape index (κ3) is 2.38. The van der Waals surface area contributed by atoms with Crippen LogP contribution in [0.2, 0.25) is 0 Å². The normalized spacial score (nSPS) is 29.6. The minimum absolute atomic E-state index is 0.205. The van der Waals surface area contributed by atoms with Crippen molar-refractivity contribution in [2.45, 2.75) is 39.8 Å². The van der Waals surface area contributed by atoms with Crippen molar-refractivity contribution >= 4 is 0 Å². The fraction of sp³-hybridized carbons (Fsp3) is 0.600. The summed E-state index contributed by atoms with van der Waals surface area (Å²) in [7, 11) is 0. The van der Waals surface area contributed by atoms with Crippen LogP contribution in [0, 0.1) is 18.3 Å². The van der Waals surface area contributed by atoms with E-state index in [-0.39, 0.29) is 11.5 Å². The molecule has 1 heterocycles. The lowest BCUT2D eigenvalue weighted by atomic mass is 9.76. The van der Waals surface area contributed by atoms with E-state index in [9.17, 15) is 0 Å². The summed E-state index contributed by atoms with van der Waals surface area (Å²) in [6.07, 6.45) is 0. The number of aryl methyl sites for hydroxylation is 1. The topological polar surface area (TPSA) is 38.0 Å². The minimum atomic E-state index is 0.205. The zero-order valence-electron chi connectivity index (χ0n) is 11.3. The number of nitrogens with two attached hydrogens (primary N) is 1. The molecule has 0 aliphatic carbocycles. The predicted molar refractivity (Wildman–Crippen MR) is 72.8 cm³/mol.